The molecule has 8 heteroatoms. The Labute approximate surface area is 134 Å². The van der Waals surface area contributed by atoms with Crippen molar-refractivity contribution in [2.45, 2.75) is 0 Å². The lowest BCUT2D eigenvalue weighted by Gasteiger charge is -2.04. The molecule has 4 rings (SSSR count). The Morgan fingerprint density at radius 2 is 2.09 bits per heavy atom. The summed E-state index contributed by atoms with van der Waals surface area (Å²) in [6.07, 6.45) is 3.54. The molecule has 0 aromatic carbocycles. The summed E-state index contributed by atoms with van der Waals surface area (Å²) >= 11 is 1.25. The Morgan fingerprint density at radius 1 is 1.17 bits per heavy atom. The average Bonchev–Trinajstić information content (AvgIpc) is 3.22. The van der Waals surface area contributed by atoms with E-state index in [0.29, 0.717) is 27.9 Å². The molecule has 4 aromatic heterocycles. The van der Waals surface area contributed by atoms with Crippen LogP contribution in [-0.4, -0.2) is 30.5 Å². The first-order chi connectivity index (χ1) is 11.3. The van der Waals surface area contributed by atoms with Gasteiger partial charge in [-0.25, -0.2) is 4.98 Å². The number of rotatable bonds is 3. The maximum absolute atomic E-state index is 12.6. The third kappa shape index (κ3) is 2.44. The second-order valence-electron chi connectivity index (χ2n) is 4.65. The standard InChI is InChI=1S/C15H10N6OS/c22-14(19-15-20-17-9-23-15)12-13(10-5-1-3-7-16-10)21-8-4-2-6-11(21)18-12/h1-9H,(H,19,20,22). The molecule has 0 saturated heterocycles. The largest absolute Gasteiger partial charge is 0.297 e. The highest BCUT2D eigenvalue weighted by molar-refractivity contribution is 7.13. The van der Waals surface area contributed by atoms with Crippen LogP contribution in [0.25, 0.3) is 17.0 Å². The van der Waals surface area contributed by atoms with Gasteiger partial charge in [0.1, 0.15) is 16.9 Å². The number of carbonyl (C=O) groups excluding carboxylic acids is 1. The highest BCUT2D eigenvalue weighted by atomic mass is 32.1. The molecule has 4 heterocycles. The number of nitrogens with zero attached hydrogens (tertiary/aromatic N) is 5. The van der Waals surface area contributed by atoms with Crippen LogP contribution in [0.5, 0.6) is 0 Å². The molecule has 23 heavy (non-hydrogen) atoms. The zero-order chi connectivity index (χ0) is 15.6. The molecule has 1 N–H and O–H groups in total. The van der Waals surface area contributed by atoms with Crippen molar-refractivity contribution in [1.29, 1.82) is 0 Å². The van der Waals surface area contributed by atoms with Crippen LogP contribution >= 0.6 is 11.3 Å². The minimum atomic E-state index is -0.342. The van der Waals surface area contributed by atoms with Crippen LogP contribution < -0.4 is 5.32 Å². The van der Waals surface area contributed by atoms with E-state index in [2.05, 4.69) is 25.5 Å². The second-order valence-corrected chi connectivity index (χ2v) is 5.48. The van der Waals surface area contributed by atoms with Crippen molar-refractivity contribution in [2.75, 3.05) is 5.32 Å². The van der Waals surface area contributed by atoms with E-state index in [9.17, 15) is 4.79 Å². The van der Waals surface area contributed by atoms with Gasteiger partial charge >= 0.3 is 0 Å². The van der Waals surface area contributed by atoms with E-state index >= 15 is 0 Å². The van der Waals surface area contributed by atoms with Crippen LogP contribution in [0.3, 0.4) is 0 Å². The molecule has 0 fully saturated rings. The van der Waals surface area contributed by atoms with Crippen LogP contribution in [0, 0.1) is 0 Å². The number of amides is 1. The van der Waals surface area contributed by atoms with Crippen molar-refractivity contribution in [3.05, 3.63) is 60.0 Å². The van der Waals surface area contributed by atoms with Crippen LogP contribution in [0.15, 0.2) is 54.3 Å². The van der Waals surface area contributed by atoms with Crippen molar-refractivity contribution >= 4 is 28.0 Å². The van der Waals surface area contributed by atoms with Crippen LogP contribution in [0.2, 0.25) is 0 Å². The van der Waals surface area contributed by atoms with Crippen LogP contribution in [-0.2, 0) is 0 Å². The predicted molar refractivity (Wildman–Crippen MR) is 86.3 cm³/mol. The number of pyridine rings is 2. The van der Waals surface area contributed by atoms with Crippen molar-refractivity contribution < 1.29 is 4.79 Å². The Morgan fingerprint density at radius 3 is 2.87 bits per heavy atom. The molecule has 4 aromatic rings. The molecule has 0 unspecified atom stereocenters. The summed E-state index contributed by atoms with van der Waals surface area (Å²) in [5.41, 5.74) is 3.84. The molecule has 7 nitrogen and oxygen atoms in total. The molecule has 0 radical (unpaired) electrons. The fourth-order valence-electron chi connectivity index (χ4n) is 2.29. The van der Waals surface area contributed by atoms with Gasteiger partial charge in [0.2, 0.25) is 5.13 Å². The first-order valence-electron chi connectivity index (χ1n) is 6.79. The maximum atomic E-state index is 12.6. The monoisotopic (exact) mass is 322 g/mol. The van der Waals surface area contributed by atoms with Crippen molar-refractivity contribution in [2.24, 2.45) is 0 Å². The normalized spacial score (nSPS) is 10.8. The van der Waals surface area contributed by atoms with Gasteiger partial charge in [-0.15, -0.1) is 10.2 Å². The molecule has 0 aliphatic carbocycles. The number of hydrogen-bond acceptors (Lipinski definition) is 6. The first kappa shape index (κ1) is 13.5. The van der Waals surface area contributed by atoms with Gasteiger partial charge in [0, 0.05) is 12.4 Å². The van der Waals surface area contributed by atoms with Crippen LogP contribution in [0.4, 0.5) is 5.13 Å². The number of carbonyl (C=O) groups is 1. The van der Waals surface area contributed by atoms with E-state index in [1.165, 1.54) is 11.3 Å². The van der Waals surface area contributed by atoms with Crippen LogP contribution in [0.1, 0.15) is 10.5 Å². The van der Waals surface area contributed by atoms with Gasteiger partial charge in [-0.2, -0.15) is 0 Å². The number of hydrogen-bond donors (Lipinski definition) is 1. The predicted octanol–water partition coefficient (Wildman–Crippen LogP) is 2.50. The minimum absolute atomic E-state index is 0.296. The van der Waals surface area contributed by atoms with Gasteiger partial charge in [0.05, 0.1) is 5.69 Å². The lowest BCUT2D eigenvalue weighted by molar-refractivity contribution is 0.102. The first-order valence-corrected chi connectivity index (χ1v) is 7.67. The van der Waals surface area contributed by atoms with Gasteiger partial charge in [0.15, 0.2) is 5.69 Å². The van der Waals surface area contributed by atoms with Gasteiger partial charge in [-0.3, -0.25) is 19.5 Å². The molecule has 112 valence electrons. The topological polar surface area (TPSA) is 85.1 Å². The number of anilines is 1. The fraction of sp³-hybridized carbons (Fsp3) is 0. The van der Waals surface area contributed by atoms with E-state index in [1.807, 2.05) is 47.0 Å². The van der Waals surface area contributed by atoms with Gasteiger partial charge in [-0.1, -0.05) is 23.5 Å². The van der Waals surface area contributed by atoms with Crippen molar-refractivity contribution in [3.63, 3.8) is 0 Å². The summed E-state index contributed by atoms with van der Waals surface area (Å²) in [6.45, 7) is 0. The zero-order valence-electron chi connectivity index (χ0n) is 11.7. The molecule has 0 atom stereocenters. The third-order valence-corrected chi connectivity index (χ3v) is 3.84. The number of aromatic nitrogens is 5. The van der Waals surface area contributed by atoms with E-state index in [-0.39, 0.29) is 5.91 Å². The Kier molecular flexibility index (Phi) is 3.28. The molecule has 0 saturated carbocycles. The molecule has 1 amide bonds. The zero-order valence-corrected chi connectivity index (χ0v) is 12.6. The third-order valence-electron chi connectivity index (χ3n) is 3.23. The quantitative estimate of drug-likeness (QED) is 0.626. The number of imidazole rings is 1. The molecular weight excluding hydrogens is 312 g/mol. The summed E-state index contributed by atoms with van der Waals surface area (Å²) in [5.74, 6) is -0.342. The summed E-state index contributed by atoms with van der Waals surface area (Å²) in [7, 11) is 0. The Bertz CT molecular complexity index is 964. The lowest BCUT2D eigenvalue weighted by atomic mass is 10.2. The summed E-state index contributed by atoms with van der Waals surface area (Å²) in [6, 6.07) is 11.1. The minimum Gasteiger partial charge on any atom is -0.297 e. The number of fused-ring (bicyclic) bond motifs is 1. The Balaban J connectivity index is 1.87. The average molecular weight is 322 g/mol. The second kappa shape index (κ2) is 5.58. The summed E-state index contributed by atoms with van der Waals surface area (Å²) < 4.78 is 1.84. The molecule has 0 spiro atoms. The highest BCUT2D eigenvalue weighted by Gasteiger charge is 2.21. The van der Waals surface area contributed by atoms with Crippen molar-refractivity contribution in [1.82, 2.24) is 24.6 Å². The summed E-state index contributed by atoms with van der Waals surface area (Å²) in [4.78, 5) is 21.4. The molecule has 0 aliphatic heterocycles. The maximum Gasteiger partial charge on any atom is 0.278 e. The molecule has 0 aliphatic rings. The smallest absolute Gasteiger partial charge is 0.278 e. The summed E-state index contributed by atoms with van der Waals surface area (Å²) in [5, 5.41) is 10.7. The van der Waals surface area contributed by atoms with E-state index in [1.54, 1.807) is 11.7 Å². The van der Waals surface area contributed by atoms with Gasteiger partial charge in [-0.05, 0) is 24.3 Å². The van der Waals surface area contributed by atoms with E-state index < -0.39 is 0 Å². The molecular formula is C15H10N6OS. The fourth-order valence-corrected chi connectivity index (χ4v) is 2.73. The number of nitrogens with one attached hydrogen (secondary N) is 1. The highest BCUT2D eigenvalue weighted by Crippen LogP contribution is 2.24. The van der Waals surface area contributed by atoms with E-state index in [4.69, 9.17) is 0 Å². The molecule has 0 bridgehead atoms. The van der Waals surface area contributed by atoms with Gasteiger partial charge in [0.25, 0.3) is 5.91 Å². The van der Waals surface area contributed by atoms with Gasteiger partial charge < -0.3 is 0 Å². The lowest BCUT2D eigenvalue weighted by Crippen LogP contribution is -2.13. The SMILES string of the molecule is O=C(Nc1nncs1)c1nc2ccccn2c1-c1ccccn1. The van der Waals surface area contributed by atoms with Crippen molar-refractivity contribution in [3.8, 4) is 11.4 Å². The van der Waals surface area contributed by atoms with E-state index in [0.717, 1.165) is 0 Å². The Hall–Kier alpha value is -3.13.